The Morgan fingerprint density at radius 2 is 1.68 bits per heavy atom. The molecule has 0 bridgehead atoms. The van der Waals surface area contributed by atoms with E-state index in [0.717, 1.165) is 0 Å². The molecule has 3 rings (SSSR count). The molecule has 1 heterocycles. The first-order chi connectivity index (χ1) is 10.6. The van der Waals surface area contributed by atoms with Gasteiger partial charge in [-0.3, -0.25) is 4.79 Å². The van der Waals surface area contributed by atoms with Gasteiger partial charge in [-0.05, 0) is 48.9 Å². The fourth-order valence-corrected chi connectivity index (χ4v) is 2.52. The van der Waals surface area contributed by atoms with Crippen molar-refractivity contribution >= 4 is 17.4 Å². The lowest BCUT2D eigenvalue weighted by Crippen LogP contribution is -2.10. The number of ketones is 1. The largest absolute Gasteiger partial charge is 0.340 e. The van der Waals surface area contributed by atoms with Crippen molar-refractivity contribution in [3.8, 4) is 0 Å². The van der Waals surface area contributed by atoms with Crippen LogP contribution in [0.3, 0.4) is 0 Å². The van der Waals surface area contributed by atoms with Crippen LogP contribution in [0.4, 0.5) is 0 Å². The Hall–Kier alpha value is -2.32. The van der Waals surface area contributed by atoms with Gasteiger partial charge >= 0.3 is 0 Å². The topological polar surface area (TPSA) is 22.0 Å². The molecule has 1 aromatic heterocycles. The van der Waals surface area contributed by atoms with Gasteiger partial charge in [0.15, 0.2) is 0 Å². The molecule has 0 aliphatic carbocycles. The molecule has 22 heavy (non-hydrogen) atoms. The summed E-state index contributed by atoms with van der Waals surface area (Å²) in [5.74, 6) is 0.00813. The molecule has 0 N–H and O–H groups in total. The second kappa shape index (κ2) is 6.20. The highest BCUT2D eigenvalue weighted by atomic mass is 35.5. The number of aromatic nitrogens is 1. The van der Waals surface area contributed by atoms with Gasteiger partial charge in [0.25, 0.3) is 0 Å². The molecule has 3 heteroatoms. The molecule has 0 spiro atoms. The predicted molar refractivity (Wildman–Crippen MR) is 89.6 cm³/mol. The van der Waals surface area contributed by atoms with Crippen LogP contribution in [-0.4, -0.2) is 10.4 Å². The molecule has 0 aliphatic heterocycles. The zero-order chi connectivity index (χ0) is 15.5. The summed E-state index contributed by atoms with van der Waals surface area (Å²) in [7, 11) is 0. The molecule has 0 fully saturated rings. The van der Waals surface area contributed by atoms with Crippen LogP contribution in [0.2, 0.25) is 5.02 Å². The van der Waals surface area contributed by atoms with E-state index in [2.05, 4.69) is 31.2 Å². The predicted octanol–water partition coefficient (Wildman–Crippen LogP) is 4.73. The third-order valence-corrected chi connectivity index (χ3v) is 3.89. The fraction of sp³-hybridized carbons (Fsp3) is 0.105. The van der Waals surface area contributed by atoms with E-state index in [1.165, 1.54) is 11.1 Å². The van der Waals surface area contributed by atoms with Crippen LogP contribution in [-0.2, 0) is 6.54 Å². The number of halogens is 1. The van der Waals surface area contributed by atoms with Crippen molar-refractivity contribution in [3.63, 3.8) is 0 Å². The monoisotopic (exact) mass is 309 g/mol. The van der Waals surface area contributed by atoms with E-state index in [0.29, 0.717) is 22.8 Å². The Morgan fingerprint density at radius 3 is 2.36 bits per heavy atom. The van der Waals surface area contributed by atoms with Crippen LogP contribution >= 0.6 is 11.6 Å². The van der Waals surface area contributed by atoms with E-state index in [4.69, 9.17) is 11.6 Å². The smallest absolute Gasteiger partial charge is 0.209 e. The first-order valence-electron chi connectivity index (χ1n) is 7.14. The Kier molecular flexibility index (Phi) is 4.12. The first-order valence-corrected chi connectivity index (χ1v) is 7.52. The van der Waals surface area contributed by atoms with Crippen LogP contribution in [0.1, 0.15) is 27.2 Å². The van der Waals surface area contributed by atoms with Gasteiger partial charge < -0.3 is 4.57 Å². The average Bonchev–Trinajstić information content (AvgIpc) is 2.98. The van der Waals surface area contributed by atoms with Crippen molar-refractivity contribution in [1.29, 1.82) is 0 Å². The van der Waals surface area contributed by atoms with Crippen LogP contribution in [0.25, 0.3) is 0 Å². The number of carbonyl (C=O) groups is 1. The maximum atomic E-state index is 12.6. The molecule has 110 valence electrons. The molecule has 0 atom stereocenters. The lowest BCUT2D eigenvalue weighted by atomic mass is 10.1. The van der Waals surface area contributed by atoms with Gasteiger partial charge in [-0.25, -0.2) is 0 Å². The summed E-state index contributed by atoms with van der Waals surface area (Å²) in [6.07, 6.45) is 1.93. The highest BCUT2D eigenvalue weighted by Gasteiger charge is 2.13. The number of hydrogen-bond donors (Lipinski definition) is 0. The van der Waals surface area contributed by atoms with Gasteiger partial charge in [0.2, 0.25) is 5.78 Å². The number of nitrogens with zero attached hydrogens (tertiary/aromatic N) is 1. The molecule has 0 aliphatic rings. The second-order valence-corrected chi connectivity index (χ2v) is 5.78. The molecule has 0 amide bonds. The minimum atomic E-state index is 0.00813. The third-order valence-electron chi connectivity index (χ3n) is 3.64. The molecule has 2 nitrogen and oxygen atoms in total. The van der Waals surface area contributed by atoms with E-state index < -0.39 is 0 Å². The van der Waals surface area contributed by atoms with Gasteiger partial charge in [-0.2, -0.15) is 0 Å². The quantitative estimate of drug-likeness (QED) is 0.639. The number of carbonyl (C=O) groups excluding carboxylic acids is 1. The van der Waals surface area contributed by atoms with Crippen LogP contribution in [0, 0.1) is 6.92 Å². The summed E-state index contributed by atoms with van der Waals surface area (Å²) in [5, 5.41) is 0.631. The normalized spacial score (nSPS) is 10.6. The zero-order valence-corrected chi connectivity index (χ0v) is 13.0. The molecular weight excluding hydrogens is 294 g/mol. The molecule has 0 radical (unpaired) electrons. The van der Waals surface area contributed by atoms with Crippen molar-refractivity contribution < 1.29 is 4.79 Å². The maximum absolute atomic E-state index is 12.6. The Labute approximate surface area is 135 Å². The lowest BCUT2D eigenvalue weighted by Gasteiger charge is -2.09. The van der Waals surface area contributed by atoms with Crippen LogP contribution < -0.4 is 0 Å². The second-order valence-electron chi connectivity index (χ2n) is 5.34. The molecule has 0 saturated carbocycles. The molecular formula is C19H16ClNO. The van der Waals surface area contributed by atoms with Crippen molar-refractivity contribution in [2.24, 2.45) is 0 Å². The van der Waals surface area contributed by atoms with E-state index >= 15 is 0 Å². The first kappa shape index (κ1) is 14.6. The van der Waals surface area contributed by atoms with Gasteiger partial charge in [-0.15, -0.1) is 0 Å². The highest BCUT2D eigenvalue weighted by Crippen LogP contribution is 2.16. The van der Waals surface area contributed by atoms with E-state index in [1.54, 1.807) is 24.3 Å². The maximum Gasteiger partial charge on any atom is 0.209 e. The number of rotatable bonds is 4. The lowest BCUT2D eigenvalue weighted by molar-refractivity contribution is 0.103. The summed E-state index contributed by atoms with van der Waals surface area (Å²) in [6.45, 7) is 2.75. The standard InChI is InChI=1S/C19H16ClNO/c1-14-4-6-15(7-5-14)13-21-12-2-3-18(21)19(22)16-8-10-17(20)11-9-16/h2-12H,13H2,1H3. The third kappa shape index (κ3) is 3.12. The molecule has 0 saturated heterocycles. The Bertz CT molecular complexity index is 785. The van der Waals surface area contributed by atoms with Gasteiger partial charge in [0, 0.05) is 23.3 Å². The van der Waals surface area contributed by atoms with Crippen molar-refractivity contribution in [2.45, 2.75) is 13.5 Å². The summed E-state index contributed by atoms with van der Waals surface area (Å²) in [4.78, 5) is 12.6. The van der Waals surface area contributed by atoms with Gasteiger partial charge in [0.1, 0.15) is 0 Å². The molecule has 3 aromatic rings. The van der Waals surface area contributed by atoms with E-state index in [9.17, 15) is 4.79 Å². The summed E-state index contributed by atoms with van der Waals surface area (Å²) in [6, 6.07) is 19.1. The minimum absolute atomic E-state index is 0.00813. The van der Waals surface area contributed by atoms with Gasteiger partial charge in [0.05, 0.1) is 5.69 Å². The summed E-state index contributed by atoms with van der Waals surface area (Å²) < 4.78 is 1.97. The van der Waals surface area contributed by atoms with Crippen molar-refractivity contribution in [1.82, 2.24) is 4.57 Å². The van der Waals surface area contributed by atoms with Crippen LogP contribution in [0.5, 0.6) is 0 Å². The van der Waals surface area contributed by atoms with Crippen molar-refractivity contribution in [2.75, 3.05) is 0 Å². The highest BCUT2D eigenvalue weighted by molar-refractivity contribution is 6.30. The molecule has 2 aromatic carbocycles. The minimum Gasteiger partial charge on any atom is -0.340 e. The van der Waals surface area contributed by atoms with Crippen LogP contribution in [0.15, 0.2) is 66.9 Å². The van der Waals surface area contributed by atoms with E-state index in [-0.39, 0.29) is 5.78 Å². The van der Waals surface area contributed by atoms with Crippen molar-refractivity contribution in [3.05, 3.63) is 94.3 Å². The SMILES string of the molecule is Cc1ccc(Cn2cccc2C(=O)c2ccc(Cl)cc2)cc1. The summed E-state index contributed by atoms with van der Waals surface area (Å²) >= 11 is 5.88. The number of hydrogen-bond acceptors (Lipinski definition) is 1. The zero-order valence-electron chi connectivity index (χ0n) is 12.3. The Morgan fingerprint density at radius 1 is 1.00 bits per heavy atom. The number of benzene rings is 2. The van der Waals surface area contributed by atoms with E-state index in [1.807, 2.05) is 22.9 Å². The molecule has 0 unspecified atom stereocenters. The average molecular weight is 310 g/mol. The number of aryl methyl sites for hydroxylation is 1. The summed E-state index contributed by atoms with van der Waals surface area (Å²) in [5.41, 5.74) is 3.73. The Balaban J connectivity index is 1.86. The fourth-order valence-electron chi connectivity index (χ4n) is 2.40. The van der Waals surface area contributed by atoms with Gasteiger partial charge in [-0.1, -0.05) is 41.4 Å².